The average molecular weight is 434 g/mol. The molecule has 0 radical (unpaired) electrons. The number of rotatable bonds is 6. The van der Waals surface area contributed by atoms with Crippen molar-refractivity contribution in [1.29, 1.82) is 0 Å². The van der Waals surface area contributed by atoms with Gasteiger partial charge in [0.15, 0.2) is 0 Å². The Morgan fingerprint density at radius 1 is 1.21 bits per heavy atom. The Kier molecular flexibility index (Phi) is 7.36. The lowest BCUT2D eigenvalue weighted by Crippen LogP contribution is -2.57. The highest BCUT2D eigenvalue weighted by Gasteiger charge is 2.40. The standard InChI is InChI=1S/C19H29ClN2O5S/c1-15-5-7-17(8-6-15)28(24,25)27-22(12-9-16(20)10-13-22)14-11-21-18(23)26-19(2,3)4/h5-8,16H,9-14H2,1-4H3/p+1. The summed E-state index contributed by atoms with van der Waals surface area (Å²) in [4.78, 5) is 12.0. The van der Waals surface area contributed by atoms with Gasteiger partial charge in [0.25, 0.3) is 0 Å². The Labute approximate surface area is 172 Å². The van der Waals surface area contributed by atoms with Crippen LogP contribution in [-0.2, 0) is 19.1 Å². The topological polar surface area (TPSA) is 81.7 Å². The maximum absolute atomic E-state index is 12.8. The van der Waals surface area contributed by atoms with E-state index in [1.54, 1.807) is 32.9 Å². The van der Waals surface area contributed by atoms with Crippen LogP contribution in [0.3, 0.4) is 0 Å². The lowest BCUT2D eigenvalue weighted by atomic mass is 10.1. The minimum atomic E-state index is -3.95. The molecule has 0 aliphatic carbocycles. The number of likely N-dealkylation sites (tertiary alicyclic amines) is 1. The third-order valence-electron chi connectivity index (χ3n) is 4.45. The maximum atomic E-state index is 12.8. The third-order valence-corrected chi connectivity index (χ3v) is 6.25. The van der Waals surface area contributed by atoms with Crippen molar-refractivity contribution in [3.05, 3.63) is 29.8 Å². The Morgan fingerprint density at radius 3 is 2.32 bits per heavy atom. The molecule has 0 saturated carbocycles. The molecule has 1 saturated heterocycles. The number of alkyl carbamates (subject to hydrolysis) is 1. The number of nitrogens with zero attached hydrogens (tertiary/aromatic N) is 1. The number of amides is 1. The van der Waals surface area contributed by atoms with Crippen molar-refractivity contribution < 1.29 is 26.9 Å². The highest BCUT2D eigenvalue weighted by atomic mass is 35.5. The fourth-order valence-electron chi connectivity index (χ4n) is 2.97. The van der Waals surface area contributed by atoms with Gasteiger partial charge in [0.1, 0.15) is 25.2 Å². The van der Waals surface area contributed by atoms with Crippen LogP contribution in [0.25, 0.3) is 0 Å². The molecule has 0 atom stereocenters. The number of benzene rings is 1. The van der Waals surface area contributed by atoms with Gasteiger partial charge in [-0.2, -0.15) is 13.1 Å². The highest BCUT2D eigenvalue weighted by molar-refractivity contribution is 7.86. The minimum absolute atomic E-state index is 0.00394. The van der Waals surface area contributed by atoms with Gasteiger partial charge in [0.05, 0.1) is 11.4 Å². The van der Waals surface area contributed by atoms with E-state index < -0.39 is 21.8 Å². The summed E-state index contributed by atoms with van der Waals surface area (Å²) in [6.07, 6.45) is 0.730. The molecular weight excluding hydrogens is 404 g/mol. The molecule has 1 heterocycles. The monoisotopic (exact) mass is 433 g/mol. The molecule has 7 nitrogen and oxygen atoms in total. The largest absolute Gasteiger partial charge is 0.444 e. The molecule has 0 spiro atoms. The van der Waals surface area contributed by atoms with Crippen molar-refractivity contribution in [3.63, 3.8) is 0 Å². The summed E-state index contributed by atoms with van der Waals surface area (Å²) in [6, 6.07) is 6.54. The first kappa shape index (κ1) is 22.9. The van der Waals surface area contributed by atoms with Crippen LogP contribution in [0.1, 0.15) is 39.2 Å². The SMILES string of the molecule is Cc1ccc(S(=O)(=O)O[N+]2(CCNC(=O)OC(C)(C)C)CCC(Cl)CC2)cc1. The van der Waals surface area contributed by atoms with Gasteiger partial charge in [-0.1, -0.05) is 22.0 Å². The molecular formula is C19H30ClN2O5S+. The van der Waals surface area contributed by atoms with Gasteiger partial charge in [0, 0.05) is 18.2 Å². The molecule has 0 unspecified atom stereocenters. The molecule has 1 aromatic rings. The van der Waals surface area contributed by atoms with Crippen molar-refractivity contribution in [2.75, 3.05) is 26.2 Å². The van der Waals surface area contributed by atoms with Crippen LogP contribution in [0, 0.1) is 6.92 Å². The molecule has 158 valence electrons. The van der Waals surface area contributed by atoms with Crippen LogP contribution >= 0.6 is 11.6 Å². The van der Waals surface area contributed by atoms with Crippen molar-refractivity contribution in [1.82, 2.24) is 5.32 Å². The smallest absolute Gasteiger partial charge is 0.407 e. The molecule has 9 heteroatoms. The quantitative estimate of drug-likeness (QED) is 0.549. The number of carbonyl (C=O) groups excluding carboxylic acids is 1. The van der Waals surface area contributed by atoms with Gasteiger partial charge in [-0.05, 0) is 39.8 Å². The number of halogens is 1. The predicted molar refractivity (Wildman–Crippen MR) is 107 cm³/mol. The normalized spacial score (nSPS) is 23.2. The van der Waals surface area contributed by atoms with E-state index in [2.05, 4.69) is 5.32 Å². The molecule has 1 amide bonds. The van der Waals surface area contributed by atoms with E-state index in [-0.39, 0.29) is 21.5 Å². The fraction of sp³-hybridized carbons (Fsp3) is 0.632. The van der Waals surface area contributed by atoms with E-state index in [9.17, 15) is 13.2 Å². The maximum Gasteiger partial charge on any atom is 0.407 e. The third kappa shape index (κ3) is 6.92. The Bertz CT molecular complexity index is 767. The first-order chi connectivity index (χ1) is 12.9. The number of hydroxylamine groups is 3. The van der Waals surface area contributed by atoms with Gasteiger partial charge >= 0.3 is 16.2 Å². The summed E-state index contributed by atoms with van der Waals surface area (Å²) in [7, 11) is -3.95. The highest BCUT2D eigenvalue weighted by Crippen LogP contribution is 2.27. The molecule has 1 aliphatic heterocycles. The first-order valence-electron chi connectivity index (χ1n) is 9.41. The number of piperidine rings is 1. The van der Waals surface area contributed by atoms with E-state index in [0.29, 0.717) is 32.5 Å². The van der Waals surface area contributed by atoms with Crippen LogP contribution in [0.15, 0.2) is 29.2 Å². The van der Waals surface area contributed by atoms with Crippen molar-refractivity contribution in [2.45, 2.75) is 56.4 Å². The summed E-state index contributed by atoms with van der Waals surface area (Å²) in [5.74, 6) is 0. The van der Waals surface area contributed by atoms with Gasteiger partial charge in [-0.25, -0.2) is 4.79 Å². The van der Waals surface area contributed by atoms with E-state index in [0.717, 1.165) is 5.56 Å². The zero-order chi connectivity index (χ0) is 21.0. The van der Waals surface area contributed by atoms with E-state index in [1.807, 2.05) is 6.92 Å². The molecule has 0 bridgehead atoms. The van der Waals surface area contributed by atoms with Gasteiger partial charge in [-0.3, -0.25) is 0 Å². The number of alkyl halides is 1. The Morgan fingerprint density at radius 2 is 1.79 bits per heavy atom. The van der Waals surface area contributed by atoms with Gasteiger partial charge < -0.3 is 10.1 Å². The summed E-state index contributed by atoms with van der Waals surface area (Å²) in [5, 5.41) is 2.67. The number of quaternary nitrogens is 1. The molecule has 28 heavy (non-hydrogen) atoms. The van der Waals surface area contributed by atoms with Crippen molar-refractivity contribution >= 4 is 27.8 Å². The summed E-state index contributed by atoms with van der Waals surface area (Å²) >= 11 is 6.20. The summed E-state index contributed by atoms with van der Waals surface area (Å²) in [6.45, 7) is 8.66. The Hall–Kier alpha value is -1.35. The number of aryl methyl sites for hydroxylation is 1. The fourth-order valence-corrected chi connectivity index (χ4v) is 4.36. The van der Waals surface area contributed by atoms with E-state index in [1.165, 1.54) is 12.1 Å². The number of nitrogens with one attached hydrogen (secondary N) is 1. The van der Waals surface area contributed by atoms with Crippen molar-refractivity contribution in [3.8, 4) is 0 Å². The average Bonchev–Trinajstić information content (AvgIpc) is 2.56. The van der Waals surface area contributed by atoms with Crippen LogP contribution in [-0.4, -0.2) is 56.3 Å². The van der Waals surface area contributed by atoms with Crippen LogP contribution < -0.4 is 5.32 Å². The van der Waals surface area contributed by atoms with Gasteiger partial charge in [-0.15, -0.1) is 11.6 Å². The van der Waals surface area contributed by atoms with Gasteiger partial charge in [0.2, 0.25) is 0 Å². The second-order valence-corrected chi connectivity index (χ2v) is 10.3. The molecule has 0 aromatic heterocycles. The summed E-state index contributed by atoms with van der Waals surface area (Å²) in [5.41, 5.74) is 0.367. The number of hydrogen-bond acceptors (Lipinski definition) is 5. The Balaban J connectivity index is 2.08. The number of hydrogen-bond donors (Lipinski definition) is 1. The van der Waals surface area contributed by atoms with Crippen LogP contribution in [0.4, 0.5) is 4.79 Å². The molecule has 1 aromatic carbocycles. The summed E-state index contributed by atoms with van der Waals surface area (Å²) < 4.78 is 36.4. The lowest BCUT2D eigenvalue weighted by molar-refractivity contribution is -1.08. The van der Waals surface area contributed by atoms with E-state index in [4.69, 9.17) is 20.6 Å². The van der Waals surface area contributed by atoms with Crippen LogP contribution in [0.5, 0.6) is 0 Å². The minimum Gasteiger partial charge on any atom is -0.444 e. The second-order valence-electron chi connectivity index (χ2n) is 8.17. The van der Waals surface area contributed by atoms with E-state index >= 15 is 0 Å². The predicted octanol–water partition coefficient (Wildman–Crippen LogP) is 3.36. The number of ether oxygens (including phenoxy) is 1. The van der Waals surface area contributed by atoms with Crippen LogP contribution in [0.2, 0.25) is 0 Å². The number of carbonyl (C=O) groups is 1. The zero-order valence-electron chi connectivity index (χ0n) is 16.9. The first-order valence-corrected chi connectivity index (χ1v) is 11.3. The lowest BCUT2D eigenvalue weighted by Gasteiger charge is -2.38. The molecule has 1 N–H and O–H groups in total. The molecule has 1 fully saturated rings. The van der Waals surface area contributed by atoms with Crippen molar-refractivity contribution in [2.24, 2.45) is 0 Å². The molecule has 2 rings (SSSR count). The zero-order valence-corrected chi connectivity index (χ0v) is 18.5. The molecule has 1 aliphatic rings. The second kappa shape index (κ2) is 8.98.